The lowest BCUT2D eigenvalue weighted by molar-refractivity contribution is -0.137. The molecule has 12 heteroatoms. The van der Waals surface area contributed by atoms with Gasteiger partial charge in [-0.15, -0.1) is 11.3 Å². The molecule has 0 atom stereocenters. The molecule has 6 rings (SSSR count). The molecule has 3 aromatic heterocycles. The van der Waals surface area contributed by atoms with Gasteiger partial charge < -0.3 is 14.4 Å². The molecule has 222 valence electrons. The molecule has 0 aliphatic carbocycles. The van der Waals surface area contributed by atoms with Crippen LogP contribution in [0.5, 0.6) is 11.6 Å². The maximum Gasteiger partial charge on any atom is 0.416 e. The summed E-state index contributed by atoms with van der Waals surface area (Å²) in [6.07, 6.45) is -0.212. The van der Waals surface area contributed by atoms with Gasteiger partial charge in [0.05, 0.1) is 40.7 Å². The largest absolute Gasteiger partial charge is 0.497 e. The molecule has 1 aliphatic rings. The Kier molecular flexibility index (Phi) is 7.78. The van der Waals surface area contributed by atoms with Crippen LogP contribution >= 0.6 is 11.3 Å². The molecule has 0 saturated carbocycles. The lowest BCUT2D eigenvalue weighted by Gasteiger charge is -2.29. The van der Waals surface area contributed by atoms with Crippen molar-refractivity contribution in [2.75, 3.05) is 20.2 Å². The summed E-state index contributed by atoms with van der Waals surface area (Å²) in [5.41, 5.74) is 3.88. The van der Waals surface area contributed by atoms with Crippen molar-refractivity contribution in [1.82, 2.24) is 24.5 Å². The Morgan fingerprint density at radius 2 is 1.77 bits per heavy atom. The van der Waals surface area contributed by atoms with Crippen LogP contribution in [0.1, 0.15) is 41.3 Å². The summed E-state index contributed by atoms with van der Waals surface area (Å²) in [6.45, 7) is 3.47. The Hall–Kier alpha value is -4.45. The van der Waals surface area contributed by atoms with Crippen LogP contribution in [0, 0.1) is 6.92 Å². The molecule has 0 unspecified atom stereocenters. The van der Waals surface area contributed by atoms with Crippen LogP contribution in [-0.4, -0.2) is 51.1 Å². The quantitative estimate of drug-likeness (QED) is 0.181. The van der Waals surface area contributed by atoms with E-state index in [4.69, 9.17) is 19.6 Å². The second kappa shape index (κ2) is 11.7. The highest BCUT2D eigenvalue weighted by molar-refractivity contribution is 7.18. The number of alkyl halides is 3. The normalized spacial score (nSPS) is 14.3. The number of aryl methyl sites for hydroxylation is 1. The van der Waals surface area contributed by atoms with Gasteiger partial charge in [-0.05, 0) is 49.6 Å². The zero-order valence-electron chi connectivity index (χ0n) is 23.5. The van der Waals surface area contributed by atoms with Crippen LogP contribution in [0.3, 0.4) is 0 Å². The molecule has 2 aromatic carbocycles. The average molecular weight is 608 g/mol. The number of hydrogen-bond donors (Lipinski definition) is 0. The number of amides is 1. The van der Waals surface area contributed by atoms with Gasteiger partial charge in [-0.3, -0.25) is 4.79 Å². The molecule has 8 nitrogen and oxygen atoms in total. The van der Waals surface area contributed by atoms with Crippen LogP contribution < -0.4 is 9.47 Å². The van der Waals surface area contributed by atoms with E-state index in [1.54, 1.807) is 18.2 Å². The summed E-state index contributed by atoms with van der Waals surface area (Å²) in [5.74, 6) is 1.35. The minimum atomic E-state index is -4.40. The number of halogens is 3. The Balaban J connectivity index is 1.37. The van der Waals surface area contributed by atoms with Gasteiger partial charge >= 0.3 is 6.18 Å². The number of ether oxygens (including phenoxy) is 2. The van der Waals surface area contributed by atoms with Crippen molar-refractivity contribution in [2.24, 2.45) is 0 Å². The Morgan fingerprint density at radius 3 is 2.42 bits per heavy atom. The third kappa shape index (κ3) is 5.92. The first-order valence-corrected chi connectivity index (χ1v) is 14.5. The number of methoxy groups -OCH3 is 1. The molecule has 4 heterocycles. The van der Waals surface area contributed by atoms with Gasteiger partial charge in [-0.1, -0.05) is 24.3 Å². The summed E-state index contributed by atoms with van der Waals surface area (Å²) in [5, 5.41) is 5.31. The number of hydrogen-bond acceptors (Lipinski definition) is 7. The lowest BCUT2D eigenvalue weighted by atomic mass is 9.93. The van der Waals surface area contributed by atoms with Crippen LogP contribution in [0.15, 0.2) is 60.8 Å². The van der Waals surface area contributed by atoms with E-state index in [1.165, 1.54) is 23.5 Å². The van der Waals surface area contributed by atoms with Crippen molar-refractivity contribution >= 4 is 23.4 Å². The number of rotatable bonds is 8. The average Bonchev–Trinajstić information content (AvgIpc) is 3.62. The third-order valence-corrected chi connectivity index (χ3v) is 8.86. The summed E-state index contributed by atoms with van der Waals surface area (Å²) >= 11 is 1.38. The van der Waals surface area contributed by atoms with Gasteiger partial charge in [0.1, 0.15) is 17.4 Å². The topological polar surface area (TPSA) is 81.9 Å². The van der Waals surface area contributed by atoms with Crippen LogP contribution in [0.25, 0.3) is 26.7 Å². The lowest BCUT2D eigenvalue weighted by Crippen LogP contribution is -2.32. The van der Waals surface area contributed by atoms with E-state index in [1.807, 2.05) is 41.8 Å². The maximum atomic E-state index is 13.1. The van der Waals surface area contributed by atoms with Gasteiger partial charge in [0.2, 0.25) is 12.3 Å². The standard InChI is InChI=1S/C31H28F3N5O3S/c1-19-28(43-30(36-19)22-5-7-23(8-6-22)31(32,33)34)25-16-35-39-26(21-11-13-38(18-40)14-12-21)15-27(37-29(25)39)42-17-20-3-9-24(41-2)10-4-20/h3-10,15-16,18,21H,11-14,17H2,1-2H3. The van der Waals surface area contributed by atoms with Crippen LogP contribution in [-0.2, 0) is 17.6 Å². The summed E-state index contributed by atoms with van der Waals surface area (Å²) in [4.78, 5) is 23.4. The molecule has 0 radical (unpaired) electrons. The van der Waals surface area contributed by atoms with Crippen molar-refractivity contribution in [3.63, 3.8) is 0 Å². The molecule has 1 fully saturated rings. The predicted molar refractivity (Wildman–Crippen MR) is 156 cm³/mol. The fourth-order valence-corrected chi connectivity index (χ4v) is 6.32. The Bertz CT molecular complexity index is 1740. The first kappa shape index (κ1) is 28.7. The monoisotopic (exact) mass is 607 g/mol. The molecule has 5 aromatic rings. The molecule has 0 spiro atoms. The first-order chi connectivity index (χ1) is 20.7. The number of carbonyl (C=O) groups is 1. The van der Waals surface area contributed by atoms with Crippen LogP contribution in [0.2, 0.25) is 0 Å². The molecule has 1 aliphatic heterocycles. The zero-order chi connectivity index (χ0) is 30.1. The van der Waals surface area contributed by atoms with Gasteiger partial charge in [0, 0.05) is 30.6 Å². The number of thiazole rings is 1. The van der Waals surface area contributed by atoms with E-state index >= 15 is 0 Å². The van der Waals surface area contributed by atoms with Crippen molar-refractivity contribution < 1.29 is 27.4 Å². The summed E-state index contributed by atoms with van der Waals surface area (Å²) < 4.78 is 52.5. The predicted octanol–water partition coefficient (Wildman–Crippen LogP) is 6.77. The molecule has 43 heavy (non-hydrogen) atoms. The van der Waals surface area contributed by atoms with Gasteiger partial charge in [0.25, 0.3) is 0 Å². The molecule has 1 saturated heterocycles. The van der Waals surface area contributed by atoms with E-state index in [0.717, 1.165) is 64.5 Å². The fourth-order valence-electron chi connectivity index (χ4n) is 5.24. The molecule has 0 N–H and O–H groups in total. The van der Waals surface area contributed by atoms with E-state index in [9.17, 15) is 18.0 Å². The highest BCUT2D eigenvalue weighted by Gasteiger charge is 2.30. The highest BCUT2D eigenvalue weighted by atomic mass is 32.1. The van der Waals surface area contributed by atoms with E-state index in [0.29, 0.717) is 41.8 Å². The Labute approximate surface area is 249 Å². The van der Waals surface area contributed by atoms with Gasteiger partial charge in [-0.2, -0.15) is 23.3 Å². The first-order valence-electron chi connectivity index (χ1n) is 13.7. The second-order valence-electron chi connectivity index (χ2n) is 10.4. The van der Waals surface area contributed by atoms with Crippen LogP contribution in [0.4, 0.5) is 13.2 Å². The minimum absolute atomic E-state index is 0.142. The Morgan fingerprint density at radius 1 is 1.05 bits per heavy atom. The second-order valence-corrected chi connectivity index (χ2v) is 11.4. The van der Waals surface area contributed by atoms with E-state index in [2.05, 4.69) is 4.98 Å². The number of aromatic nitrogens is 4. The zero-order valence-corrected chi connectivity index (χ0v) is 24.3. The third-order valence-electron chi connectivity index (χ3n) is 7.62. The van der Waals surface area contributed by atoms with Crippen molar-refractivity contribution in [2.45, 2.75) is 38.5 Å². The van der Waals surface area contributed by atoms with Crippen molar-refractivity contribution in [3.8, 4) is 32.6 Å². The number of carbonyl (C=O) groups excluding carboxylic acids is 1. The number of fused-ring (bicyclic) bond motifs is 1. The number of nitrogens with zero attached hydrogens (tertiary/aromatic N) is 5. The van der Waals surface area contributed by atoms with Crippen molar-refractivity contribution in [1.29, 1.82) is 0 Å². The van der Waals surface area contributed by atoms with E-state index in [-0.39, 0.29) is 5.92 Å². The van der Waals surface area contributed by atoms with Gasteiger partial charge in [0.15, 0.2) is 5.65 Å². The smallest absolute Gasteiger partial charge is 0.416 e. The van der Waals surface area contributed by atoms with Gasteiger partial charge in [-0.25, -0.2) is 9.50 Å². The number of likely N-dealkylation sites (tertiary alicyclic amines) is 1. The minimum Gasteiger partial charge on any atom is -0.497 e. The molecule has 0 bridgehead atoms. The maximum absolute atomic E-state index is 13.1. The highest BCUT2D eigenvalue weighted by Crippen LogP contribution is 2.39. The summed E-state index contributed by atoms with van der Waals surface area (Å²) in [6, 6.07) is 14.5. The van der Waals surface area contributed by atoms with Crippen molar-refractivity contribution in [3.05, 3.63) is 83.3 Å². The summed E-state index contributed by atoms with van der Waals surface area (Å²) in [7, 11) is 1.62. The number of piperidine rings is 1. The molecule has 1 amide bonds. The molecular weight excluding hydrogens is 579 g/mol. The fraction of sp³-hybridized carbons (Fsp3) is 0.290. The van der Waals surface area contributed by atoms with E-state index < -0.39 is 11.7 Å². The molecular formula is C31H28F3N5O3S. The number of benzene rings is 2. The SMILES string of the molecule is COc1ccc(COc2cc(C3CCN(C=O)CC3)n3ncc(-c4sc(-c5ccc(C(F)(F)F)cc5)nc4C)c3n2)cc1.